The topological polar surface area (TPSA) is 27.3 Å². The van der Waals surface area contributed by atoms with E-state index in [9.17, 15) is 0 Å². The van der Waals surface area contributed by atoms with Gasteiger partial charge >= 0.3 is 0 Å². The van der Waals surface area contributed by atoms with Gasteiger partial charge in [-0.3, -0.25) is 4.90 Å². The van der Waals surface area contributed by atoms with E-state index < -0.39 is 0 Å². The van der Waals surface area contributed by atoms with E-state index in [-0.39, 0.29) is 6.04 Å². The third kappa shape index (κ3) is 4.72. The Morgan fingerprint density at radius 2 is 1.80 bits per heavy atom. The first-order valence-electron chi connectivity index (χ1n) is 8.74. The van der Waals surface area contributed by atoms with E-state index in [1.165, 1.54) is 18.4 Å². The van der Waals surface area contributed by atoms with Crippen LogP contribution in [0.4, 0.5) is 5.69 Å². The molecule has 2 aromatic rings. The van der Waals surface area contributed by atoms with Crippen LogP contribution in [0.5, 0.6) is 0 Å². The average Bonchev–Trinajstić information content (AvgIpc) is 3.13. The Balaban J connectivity index is 1.67. The lowest BCUT2D eigenvalue weighted by molar-refractivity contribution is 0.246. The summed E-state index contributed by atoms with van der Waals surface area (Å²) in [5.41, 5.74) is 3.38. The number of aryl methyl sites for hydroxylation is 1. The van der Waals surface area contributed by atoms with Crippen molar-refractivity contribution in [3.05, 3.63) is 64.7 Å². The van der Waals surface area contributed by atoms with Crippen molar-refractivity contribution in [3.8, 4) is 0 Å². The summed E-state index contributed by atoms with van der Waals surface area (Å²) in [4.78, 5) is 2.49. The highest BCUT2D eigenvalue weighted by atomic mass is 35.5. The zero-order chi connectivity index (χ0) is 17.6. The number of halogens is 1. The number of para-hydroxylation sites is 1. The van der Waals surface area contributed by atoms with Crippen molar-refractivity contribution in [2.24, 2.45) is 0 Å². The van der Waals surface area contributed by atoms with Crippen LogP contribution in [0.1, 0.15) is 30.0 Å². The van der Waals surface area contributed by atoms with Crippen LogP contribution in [-0.2, 0) is 0 Å². The first kappa shape index (κ1) is 18.2. The van der Waals surface area contributed by atoms with Gasteiger partial charge in [0.25, 0.3) is 0 Å². The lowest BCUT2D eigenvalue weighted by Crippen LogP contribution is -2.38. The van der Waals surface area contributed by atoms with Crippen molar-refractivity contribution in [2.75, 3.05) is 25.0 Å². The first-order valence-corrected chi connectivity index (χ1v) is 9.53. The molecule has 3 nitrogen and oxygen atoms in total. The van der Waals surface area contributed by atoms with Gasteiger partial charge in [-0.15, -0.1) is 0 Å². The van der Waals surface area contributed by atoms with E-state index in [2.05, 4.69) is 34.6 Å². The Morgan fingerprint density at radius 1 is 1.12 bits per heavy atom. The van der Waals surface area contributed by atoms with Crippen LogP contribution in [0.3, 0.4) is 0 Å². The van der Waals surface area contributed by atoms with Crippen LogP contribution < -0.4 is 10.6 Å². The molecule has 0 amide bonds. The molecule has 1 aliphatic rings. The van der Waals surface area contributed by atoms with Gasteiger partial charge < -0.3 is 10.6 Å². The summed E-state index contributed by atoms with van der Waals surface area (Å²) in [6, 6.07) is 16.5. The number of rotatable bonds is 5. The zero-order valence-corrected chi connectivity index (χ0v) is 16.0. The number of benzene rings is 2. The number of anilines is 1. The lowest BCUT2D eigenvalue weighted by Gasteiger charge is -2.29. The summed E-state index contributed by atoms with van der Waals surface area (Å²) in [6.07, 6.45) is 2.49. The maximum atomic E-state index is 6.46. The van der Waals surface area contributed by atoms with E-state index in [4.69, 9.17) is 23.8 Å². The van der Waals surface area contributed by atoms with Gasteiger partial charge in [0.1, 0.15) is 0 Å². The molecule has 5 heteroatoms. The number of hydrogen-bond donors (Lipinski definition) is 2. The molecule has 0 aromatic heterocycles. The highest BCUT2D eigenvalue weighted by Gasteiger charge is 2.25. The average molecular weight is 374 g/mol. The Morgan fingerprint density at radius 3 is 2.52 bits per heavy atom. The van der Waals surface area contributed by atoms with Crippen LogP contribution in [-0.4, -0.2) is 29.6 Å². The standard InChI is InChI=1S/C20H24ClN3S/c1-15-8-2-5-11-18(15)23-20(25)22-14-19(24-12-6-7-13-24)16-9-3-4-10-17(16)21/h2-5,8-11,19H,6-7,12-14H2,1H3,(H2,22,23,25)/t19-/m0/s1. The molecule has 0 unspecified atom stereocenters. The second kappa shape index (κ2) is 8.65. The fourth-order valence-electron chi connectivity index (χ4n) is 3.30. The summed E-state index contributed by atoms with van der Waals surface area (Å²) in [7, 11) is 0. The molecule has 132 valence electrons. The molecule has 1 heterocycles. The largest absolute Gasteiger partial charge is 0.361 e. The smallest absolute Gasteiger partial charge is 0.170 e. The molecule has 1 atom stereocenters. The molecule has 2 aromatic carbocycles. The second-order valence-electron chi connectivity index (χ2n) is 6.43. The molecule has 3 rings (SSSR count). The van der Waals surface area contributed by atoms with E-state index in [1.54, 1.807) is 0 Å². The summed E-state index contributed by atoms with van der Waals surface area (Å²) in [5.74, 6) is 0. The normalized spacial score (nSPS) is 15.8. The second-order valence-corrected chi connectivity index (χ2v) is 7.25. The van der Waals surface area contributed by atoms with Crippen LogP contribution in [0, 0.1) is 6.92 Å². The highest BCUT2D eigenvalue weighted by Crippen LogP contribution is 2.29. The van der Waals surface area contributed by atoms with E-state index >= 15 is 0 Å². The fraction of sp³-hybridized carbons (Fsp3) is 0.350. The molecular formula is C20H24ClN3S. The quantitative estimate of drug-likeness (QED) is 0.738. The summed E-state index contributed by atoms with van der Waals surface area (Å²) in [5, 5.41) is 8.13. The van der Waals surface area contributed by atoms with Crippen molar-refractivity contribution in [3.63, 3.8) is 0 Å². The molecule has 0 saturated carbocycles. The fourth-order valence-corrected chi connectivity index (χ4v) is 3.76. The van der Waals surface area contributed by atoms with Gasteiger partial charge in [0.05, 0.1) is 6.04 Å². The van der Waals surface area contributed by atoms with Gasteiger partial charge in [-0.1, -0.05) is 48.0 Å². The van der Waals surface area contributed by atoms with E-state index in [0.717, 1.165) is 35.9 Å². The number of thiocarbonyl (C=S) groups is 1. The van der Waals surface area contributed by atoms with Gasteiger partial charge in [0.15, 0.2) is 5.11 Å². The number of likely N-dealkylation sites (tertiary alicyclic amines) is 1. The summed E-state index contributed by atoms with van der Waals surface area (Å²) in [6.45, 7) is 5.02. The van der Waals surface area contributed by atoms with Gasteiger partial charge in [0.2, 0.25) is 0 Å². The van der Waals surface area contributed by atoms with Crippen LogP contribution in [0.2, 0.25) is 5.02 Å². The minimum atomic E-state index is 0.229. The minimum absolute atomic E-state index is 0.229. The summed E-state index contributed by atoms with van der Waals surface area (Å²) < 4.78 is 0. The van der Waals surface area contributed by atoms with Crippen molar-refractivity contribution in [2.45, 2.75) is 25.8 Å². The minimum Gasteiger partial charge on any atom is -0.361 e. The zero-order valence-electron chi connectivity index (χ0n) is 14.5. The number of nitrogens with zero attached hydrogens (tertiary/aromatic N) is 1. The monoisotopic (exact) mass is 373 g/mol. The molecule has 0 radical (unpaired) electrons. The third-order valence-corrected chi connectivity index (χ3v) is 5.29. The molecule has 25 heavy (non-hydrogen) atoms. The van der Waals surface area contributed by atoms with E-state index in [1.807, 2.05) is 36.4 Å². The van der Waals surface area contributed by atoms with Crippen LogP contribution in [0.25, 0.3) is 0 Å². The molecule has 1 aliphatic heterocycles. The van der Waals surface area contributed by atoms with Crippen molar-refractivity contribution in [1.82, 2.24) is 10.2 Å². The Kier molecular flexibility index (Phi) is 6.29. The summed E-state index contributed by atoms with van der Waals surface area (Å²) >= 11 is 12.0. The third-order valence-electron chi connectivity index (χ3n) is 4.69. The highest BCUT2D eigenvalue weighted by molar-refractivity contribution is 7.80. The Hall–Kier alpha value is -1.62. The maximum Gasteiger partial charge on any atom is 0.170 e. The predicted octanol–water partition coefficient (Wildman–Crippen LogP) is 4.77. The van der Waals surface area contributed by atoms with Gasteiger partial charge in [-0.2, -0.15) is 0 Å². The molecule has 1 fully saturated rings. The van der Waals surface area contributed by atoms with Gasteiger partial charge in [-0.05, 0) is 68.3 Å². The first-order chi connectivity index (χ1) is 12.1. The molecule has 1 saturated heterocycles. The Labute approximate surface area is 160 Å². The van der Waals surface area contributed by atoms with Crippen LogP contribution >= 0.6 is 23.8 Å². The SMILES string of the molecule is Cc1ccccc1NC(=S)NC[C@@H](c1ccccc1Cl)N1CCCC1. The lowest BCUT2D eigenvalue weighted by atomic mass is 10.1. The van der Waals surface area contributed by atoms with Crippen molar-refractivity contribution < 1.29 is 0 Å². The maximum absolute atomic E-state index is 6.46. The molecule has 0 aliphatic carbocycles. The van der Waals surface area contributed by atoms with Crippen LogP contribution in [0.15, 0.2) is 48.5 Å². The van der Waals surface area contributed by atoms with Gasteiger partial charge in [-0.25, -0.2) is 0 Å². The molecule has 0 spiro atoms. The predicted molar refractivity (Wildman–Crippen MR) is 110 cm³/mol. The molecular weight excluding hydrogens is 350 g/mol. The molecule has 2 N–H and O–H groups in total. The van der Waals surface area contributed by atoms with E-state index in [0.29, 0.717) is 5.11 Å². The molecule has 0 bridgehead atoms. The van der Waals surface area contributed by atoms with Crippen molar-refractivity contribution >= 4 is 34.6 Å². The Bertz CT molecular complexity index is 728. The van der Waals surface area contributed by atoms with Crippen molar-refractivity contribution in [1.29, 1.82) is 0 Å². The van der Waals surface area contributed by atoms with Gasteiger partial charge in [0, 0.05) is 17.3 Å². The number of nitrogens with one attached hydrogen (secondary N) is 2. The number of hydrogen-bond acceptors (Lipinski definition) is 2.